The van der Waals surface area contributed by atoms with Crippen LogP contribution in [0.2, 0.25) is 0 Å². The van der Waals surface area contributed by atoms with Gasteiger partial charge in [-0.15, -0.1) is 0 Å². The zero-order valence-electron chi connectivity index (χ0n) is 21.9. The van der Waals surface area contributed by atoms with Crippen LogP contribution in [0.25, 0.3) is 0 Å². The molecule has 0 aromatic heterocycles. The van der Waals surface area contributed by atoms with Gasteiger partial charge >= 0.3 is 23.9 Å². The van der Waals surface area contributed by atoms with Crippen molar-refractivity contribution >= 4 is 29.7 Å². The molecular formula is C31H26O9. The standard InChI is InChI=1S/C31H26O9/c1-19(2)29(34)37-18-28(33)38-24-15-9-23(10-16-24)31(36)40-25-11-5-21(6-12-25)17-27(32)22-7-13-26(14-8-22)39-30(35)20(3)4/h5-16H,1,3,17-18H2,2,4H3. The number of benzene rings is 3. The van der Waals surface area contributed by atoms with E-state index in [-0.39, 0.29) is 40.4 Å². The van der Waals surface area contributed by atoms with Gasteiger partial charge < -0.3 is 18.9 Å². The Morgan fingerprint density at radius 2 is 1.07 bits per heavy atom. The molecular weight excluding hydrogens is 516 g/mol. The largest absolute Gasteiger partial charge is 0.450 e. The monoisotopic (exact) mass is 542 g/mol. The summed E-state index contributed by atoms with van der Waals surface area (Å²) in [6.45, 7) is 9.36. The Labute approximate surface area is 230 Å². The van der Waals surface area contributed by atoms with Crippen LogP contribution in [0.5, 0.6) is 17.2 Å². The lowest BCUT2D eigenvalue weighted by Gasteiger charge is -2.08. The summed E-state index contributed by atoms with van der Waals surface area (Å²) in [5.41, 5.74) is 1.80. The molecule has 0 saturated heterocycles. The predicted octanol–water partition coefficient (Wildman–Crippen LogP) is 4.84. The number of ether oxygens (including phenoxy) is 4. The molecule has 0 unspecified atom stereocenters. The Morgan fingerprint density at radius 3 is 1.62 bits per heavy atom. The summed E-state index contributed by atoms with van der Waals surface area (Å²) in [6.07, 6.45) is 0.117. The number of carbonyl (C=O) groups is 5. The number of rotatable bonds is 11. The molecule has 0 aliphatic carbocycles. The van der Waals surface area contributed by atoms with Crippen molar-refractivity contribution < 1.29 is 42.9 Å². The first-order chi connectivity index (χ1) is 19.0. The van der Waals surface area contributed by atoms with E-state index in [0.29, 0.717) is 16.9 Å². The number of Topliss-reactive ketones (excluding diaryl/α,β-unsaturated/α-hetero) is 1. The molecule has 0 bridgehead atoms. The van der Waals surface area contributed by atoms with Crippen LogP contribution in [0.1, 0.15) is 40.1 Å². The van der Waals surface area contributed by atoms with Crippen LogP contribution in [0.3, 0.4) is 0 Å². The second kappa shape index (κ2) is 13.5. The second-order valence-corrected chi connectivity index (χ2v) is 8.68. The maximum absolute atomic E-state index is 12.6. The number of carbonyl (C=O) groups excluding carboxylic acids is 5. The van der Waals surface area contributed by atoms with E-state index >= 15 is 0 Å². The van der Waals surface area contributed by atoms with Gasteiger partial charge in [-0.25, -0.2) is 19.2 Å². The predicted molar refractivity (Wildman–Crippen MR) is 144 cm³/mol. The first kappa shape index (κ1) is 29.2. The van der Waals surface area contributed by atoms with Crippen molar-refractivity contribution in [2.45, 2.75) is 20.3 Å². The Morgan fingerprint density at radius 1 is 0.600 bits per heavy atom. The lowest BCUT2D eigenvalue weighted by Crippen LogP contribution is -2.19. The third kappa shape index (κ3) is 8.63. The quantitative estimate of drug-likeness (QED) is 0.145. The Balaban J connectivity index is 1.50. The minimum atomic E-state index is -0.787. The van der Waals surface area contributed by atoms with Crippen LogP contribution in [0, 0.1) is 0 Å². The van der Waals surface area contributed by atoms with Crippen molar-refractivity contribution in [2.24, 2.45) is 0 Å². The van der Waals surface area contributed by atoms with Crippen molar-refractivity contribution in [2.75, 3.05) is 6.61 Å². The van der Waals surface area contributed by atoms with Gasteiger partial charge in [-0.3, -0.25) is 4.79 Å². The second-order valence-electron chi connectivity index (χ2n) is 8.68. The smallest absolute Gasteiger partial charge is 0.349 e. The Kier molecular flexibility index (Phi) is 9.85. The first-order valence-corrected chi connectivity index (χ1v) is 12.0. The number of ketones is 1. The lowest BCUT2D eigenvalue weighted by atomic mass is 10.0. The normalized spacial score (nSPS) is 10.2. The van der Waals surface area contributed by atoms with Crippen molar-refractivity contribution in [1.29, 1.82) is 0 Å². The van der Waals surface area contributed by atoms with Crippen molar-refractivity contribution in [3.05, 3.63) is 114 Å². The molecule has 9 heteroatoms. The highest BCUT2D eigenvalue weighted by atomic mass is 16.6. The highest BCUT2D eigenvalue weighted by molar-refractivity contribution is 5.98. The Bertz CT molecular complexity index is 1450. The van der Waals surface area contributed by atoms with E-state index < -0.39 is 30.5 Å². The lowest BCUT2D eigenvalue weighted by molar-refractivity contribution is -0.150. The van der Waals surface area contributed by atoms with E-state index in [1.54, 1.807) is 43.3 Å². The van der Waals surface area contributed by atoms with E-state index in [9.17, 15) is 24.0 Å². The summed E-state index contributed by atoms with van der Waals surface area (Å²) in [6, 6.07) is 18.4. The summed E-state index contributed by atoms with van der Waals surface area (Å²) < 4.78 is 20.3. The van der Waals surface area contributed by atoms with Gasteiger partial charge in [0.15, 0.2) is 12.4 Å². The van der Waals surface area contributed by atoms with Gasteiger partial charge in [0.05, 0.1) is 5.56 Å². The minimum Gasteiger partial charge on any atom is -0.450 e. The summed E-state index contributed by atoms with van der Waals surface area (Å²) in [5, 5.41) is 0. The molecule has 40 heavy (non-hydrogen) atoms. The third-order valence-electron chi connectivity index (χ3n) is 5.23. The molecule has 0 aliphatic heterocycles. The SMILES string of the molecule is C=C(C)C(=O)OCC(=O)Oc1ccc(C(=O)Oc2ccc(CC(=O)c3ccc(OC(=O)C(=C)C)cc3)cc2)cc1. The van der Waals surface area contributed by atoms with Gasteiger partial charge in [-0.2, -0.15) is 0 Å². The summed E-state index contributed by atoms with van der Waals surface area (Å²) in [4.78, 5) is 59.8. The first-order valence-electron chi connectivity index (χ1n) is 12.0. The van der Waals surface area contributed by atoms with E-state index in [1.165, 1.54) is 43.3 Å². The maximum Gasteiger partial charge on any atom is 0.349 e. The molecule has 0 atom stereocenters. The third-order valence-corrected chi connectivity index (χ3v) is 5.23. The maximum atomic E-state index is 12.6. The van der Waals surface area contributed by atoms with E-state index in [0.717, 1.165) is 0 Å². The summed E-state index contributed by atoms with van der Waals surface area (Å²) in [7, 11) is 0. The average molecular weight is 543 g/mol. The number of hydrogen-bond donors (Lipinski definition) is 0. The molecule has 0 saturated carbocycles. The van der Waals surface area contributed by atoms with Gasteiger partial charge in [-0.1, -0.05) is 25.3 Å². The Hall–Kier alpha value is -5.31. The summed E-state index contributed by atoms with van der Waals surface area (Å²) in [5.74, 6) is -2.06. The molecule has 0 aliphatic rings. The molecule has 0 amide bonds. The van der Waals surface area contributed by atoms with E-state index in [4.69, 9.17) is 18.9 Å². The van der Waals surface area contributed by atoms with Gasteiger partial charge in [0, 0.05) is 23.1 Å². The molecule has 0 heterocycles. The van der Waals surface area contributed by atoms with Crippen LogP contribution in [-0.2, 0) is 25.5 Å². The molecule has 3 aromatic carbocycles. The molecule has 0 fully saturated rings. The fourth-order valence-corrected chi connectivity index (χ4v) is 3.10. The fourth-order valence-electron chi connectivity index (χ4n) is 3.10. The number of hydrogen-bond acceptors (Lipinski definition) is 9. The zero-order chi connectivity index (χ0) is 29.2. The molecule has 0 radical (unpaired) electrons. The van der Waals surface area contributed by atoms with Crippen LogP contribution < -0.4 is 14.2 Å². The van der Waals surface area contributed by atoms with Gasteiger partial charge in [0.25, 0.3) is 0 Å². The van der Waals surface area contributed by atoms with Crippen molar-refractivity contribution in [1.82, 2.24) is 0 Å². The van der Waals surface area contributed by atoms with E-state index in [2.05, 4.69) is 13.2 Å². The minimum absolute atomic E-state index is 0.117. The molecule has 0 N–H and O–H groups in total. The van der Waals surface area contributed by atoms with E-state index in [1.807, 2.05) is 0 Å². The molecule has 0 spiro atoms. The van der Waals surface area contributed by atoms with Crippen LogP contribution in [-0.4, -0.2) is 36.3 Å². The van der Waals surface area contributed by atoms with Gasteiger partial charge in [0.1, 0.15) is 17.2 Å². The summed E-state index contributed by atoms with van der Waals surface area (Å²) >= 11 is 0. The topological polar surface area (TPSA) is 122 Å². The number of esters is 4. The van der Waals surface area contributed by atoms with Crippen LogP contribution in [0.15, 0.2) is 97.1 Å². The molecule has 9 nitrogen and oxygen atoms in total. The van der Waals surface area contributed by atoms with Gasteiger partial charge in [-0.05, 0) is 80.1 Å². The highest BCUT2D eigenvalue weighted by Gasteiger charge is 2.14. The average Bonchev–Trinajstić information content (AvgIpc) is 2.93. The molecule has 3 aromatic rings. The van der Waals surface area contributed by atoms with Crippen molar-refractivity contribution in [3.63, 3.8) is 0 Å². The molecule has 204 valence electrons. The highest BCUT2D eigenvalue weighted by Crippen LogP contribution is 2.19. The van der Waals surface area contributed by atoms with Crippen LogP contribution in [0.4, 0.5) is 0 Å². The fraction of sp³-hybridized carbons (Fsp3) is 0.129. The molecule has 3 rings (SSSR count). The van der Waals surface area contributed by atoms with Crippen molar-refractivity contribution in [3.8, 4) is 17.2 Å². The zero-order valence-corrected chi connectivity index (χ0v) is 21.9. The van der Waals surface area contributed by atoms with Gasteiger partial charge in [0.2, 0.25) is 0 Å². The van der Waals surface area contributed by atoms with Crippen LogP contribution >= 0.6 is 0 Å².